The Balaban J connectivity index is 2.98. The van der Waals surface area contributed by atoms with Crippen LogP contribution >= 0.6 is 11.6 Å². The van der Waals surface area contributed by atoms with Crippen LogP contribution in [0.25, 0.3) is 0 Å². The van der Waals surface area contributed by atoms with E-state index in [1.54, 1.807) is 0 Å². The highest BCUT2D eigenvalue weighted by Crippen LogP contribution is 2.19. The van der Waals surface area contributed by atoms with Crippen LogP contribution in [-0.2, 0) is 0 Å². The molecule has 0 aliphatic carbocycles. The van der Waals surface area contributed by atoms with E-state index in [-0.39, 0.29) is 5.56 Å². The number of carbonyl (C=O) groups is 1. The summed E-state index contributed by atoms with van der Waals surface area (Å²) < 4.78 is 0. The highest BCUT2D eigenvalue weighted by atomic mass is 35.5. The molecule has 1 aromatic rings. The van der Waals surface area contributed by atoms with Gasteiger partial charge in [-0.3, -0.25) is 0 Å². The van der Waals surface area contributed by atoms with Crippen molar-refractivity contribution in [2.45, 2.75) is 6.92 Å². The van der Waals surface area contributed by atoms with E-state index in [9.17, 15) is 4.79 Å². The van der Waals surface area contributed by atoms with Gasteiger partial charge in [0.05, 0.1) is 10.6 Å². The first-order valence-electron chi connectivity index (χ1n) is 3.78. The minimum absolute atomic E-state index is 0.0895. The predicted octanol–water partition coefficient (Wildman–Crippen LogP) is 1.86. The maximum atomic E-state index is 10.5. The highest BCUT2D eigenvalue weighted by molar-refractivity contribution is 6.33. The molecule has 1 heterocycles. The Morgan fingerprint density at radius 3 is 2.92 bits per heavy atom. The first-order chi connectivity index (χ1) is 6.15. The van der Waals surface area contributed by atoms with E-state index in [1.165, 1.54) is 12.3 Å². The molecule has 2 N–H and O–H groups in total. The van der Waals surface area contributed by atoms with Crippen molar-refractivity contribution >= 4 is 23.4 Å². The molecule has 0 bridgehead atoms. The maximum absolute atomic E-state index is 10.5. The first-order valence-corrected chi connectivity index (χ1v) is 4.15. The quantitative estimate of drug-likeness (QED) is 0.782. The number of rotatable bonds is 3. The molecule has 0 saturated carbocycles. The molecular formula is C8H9ClN2O2. The number of hydrogen-bond acceptors (Lipinski definition) is 3. The number of aromatic nitrogens is 1. The first kappa shape index (κ1) is 9.80. The molecule has 0 fully saturated rings. The number of carboxylic acid groups (broad SMARTS) is 1. The van der Waals surface area contributed by atoms with Gasteiger partial charge in [-0.25, -0.2) is 9.78 Å². The van der Waals surface area contributed by atoms with Crippen LogP contribution in [0, 0.1) is 0 Å². The summed E-state index contributed by atoms with van der Waals surface area (Å²) in [5.41, 5.74) is 0.0895. The second-order valence-corrected chi connectivity index (χ2v) is 2.80. The summed E-state index contributed by atoms with van der Waals surface area (Å²) in [5, 5.41) is 11.8. The van der Waals surface area contributed by atoms with E-state index in [0.717, 1.165) is 0 Å². The van der Waals surface area contributed by atoms with Gasteiger partial charge in [0, 0.05) is 12.7 Å². The van der Waals surface area contributed by atoms with E-state index in [4.69, 9.17) is 16.7 Å². The van der Waals surface area contributed by atoms with E-state index in [2.05, 4.69) is 10.3 Å². The zero-order chi connectivity index (χ0) is 9.84. The Kier molecular flexibility index (Phi) is 3.08. The van der Waals surface area contributed by atoms with Gasteiger partial charge in [-0.15, -0.1) is 0 Å². The molecule has 1 rings (SSSR count). The third-order valence-corrected chi connectivity index (χ3v) is 1.72. The molecule has 0 atom stereocenters. The Bertz CT molecular complexity index is 328. The summed E-state index contributed by atoms with van der Waals surface area (Å²) in [6.45, 7) is 2.60. The molecule has 0 aromatic carbocycles. The summed E-state index contributed by atoms with van der Waals surface area (Å²) in [6, 6.07) is 1.37. The highest BCUT2D eigenvalue weighted by Gasteiger charge is 2.07. The number of pyridine rings is 1. The maximum Gasteiger partial charge on any atom is 0.337 e. The fourth-order valence-corrected chi connectivity index (χ4v) is 1.09. The van der Waals surface area contributed by atoms with Gasteiger partial charge in [-0.05, 0) is 13.0 Å². The van der Waals surface area contributed by atoms with Gasteiger partial charge in [0.1, 0.15) is 5.82 Å². The molecule has 0 aliphatic rings. The minimum atomic E-state index is -1.03. The zero-order valence-corrected chi connectivity index (χ0v) is 7.80. The molecule has 0 saturated heterocycles. The Morgan fingerprint density at radius 1 is 1.77 bits per heavy atom. The summed E-state index contributed by atoms with van der Waals surface area (Å²) in [7, 11) is 0. The van der Waals surface area contributed by atoms with Crippen LogP contribution < -0.4 is 5.32 Å². The van der Waals surface area contributed by atoms with Gasteiger partial charge in [0.2, 0.25) is 0 Å². The number of halogens is 1. The van der Waals surface area contributed by atoms with Crippen molar-refractivity contribution in [2.24, 2.45) is 0 Å². The van der Waals surface area contributed by atoms with Gasteiger partial charge in [-0.1, -0.05) is 11.6 Å². The van der Waals surface area contributed by atoms with E-state index in [1.807, 2.05) is 6.92 Å². The molecule has 0 radical (unpaired) electrons. The lowest BCUT2D eigenvalue weighted by molar-refractivity contribution is 0.0696. The second-order valence-electron chi connectivity index (χ2n) is 2.39. The number of hydrogen-bond donors (Lipinski definition) is 2. The SMILES string of the molecule is CCNc1ncc(C(=O)O)cc1Cl. The van der Waals surface area contributed by atoms with E-state index < -0.39 is 5.97 Å². The second kappa shape index (κ2) is 4.09. The van der Waals surface area contributed by atoms with Gasteiger partial charge in [0.25, 0.3) is 0 Å². The number of carboxylic acids is 1. The van der Waals surface area contributed by atoms with Crippen molar-refractivity contribution in [1.29, 1.82) is 0 Å². The van der Waals surface area contributed by atoms with Crippen LogP contribution in [0.5, 0.6) is 0 Å². The van der Waals surface area contributed by atoms with Crippen LogP contribution in [0.15, 0.2) is 12.3 Å². The number of nitrogens with one attached hydrogen (secondary N) is 1. The van der Waals surface area contributed by atoms with Gasteiger partial charge in [-0.2, -0.15) is 0 Å². The van der Waals surface area contributed by atoms with Crippen LogP contribution in [0.4, 0.5) is 5.82 Å². The van der Waals surface area contributed by atoms with Crippen LogP contribution in [0.3, 0.4) is 0 Å². The molecular weight excluding hydrogens is 192 g/mol. The molecule has 4 nitrogen and oxygen atoms in total. The van der Waals surface area contributed by atoms with Crippen molar-refractivity contribution in [3.05, 3.63) is 22.8 Å². The van der Waals surface area contributed by atoms with Gasteiger partial charge in [0.15, 0.2) is 0 Å². The average molecular weight is 201 g/mol. The topological polar surface area (TPSA) is 62.2 Å². The summed E-state index contributed by atoms with van der Waals surface area (Å²) in [5.74, 6) is -0.522. The Morgan fingerprint density at radius 2 is 2.46 bits per heavy atom. The molecule has 0 aliphatic heterocycles. The lowest BCUT2D eigenvalue weighted by Gasteiger charge is -2.04. The predicted molar refractivity (Wildman–Crippen MR) is 50.4 cm³/mol. The van der Waals surface area contributed by atoms with Crippen molar-refractivity contribution in [3.63, 3.8) is 0 Å². The normalized spacial score (nSPS) is 9.69. The Labute approximate surface area is 80.6 Å². The lowest BCUT2D eigenvalue weighted by Crippen LogP contribution is -2.03. The van der Waals surface area contributed by atoms with Crippen LogP contribution in [0.2, 0.25) is 5.02 Å². The molecule has 13 heavy (non-hydrogen) atoms. The fourth-order valence-electron chi connectivity index (χ4n) is 0.852. The molecule has 1 aromatic heterocycles. The van der Waals surface area contributed by atoms with Crippen LogP contribution in [-0.4, -0.2) is 22.6 Å². The molecule has 0 unspecified atom stereocenters. The van der Waals surface area contributed by atoms with Crippen LogP contribution in [0.1, 0.15) is 17.3 Å². The third kappa shape index (κ3) is 2.32. The van der Waals surface area contributed by atoms with Crippen molar-refractivity contribution in [2.75, 3.05) is 11.9 Å². The van der Waals surface area contributed by atoms with Crippen molar-refractivity contribution in [1.82, 2.24) is 4.98 Å². The largest absolute Gasteiger partial charge is 0.478 e. The average Bonchev–Trinajstić information content (AvgIpc) is 2.08. The van der Waals surface area contributed by atoms with Gasteiger partial charge >= 0.3 is 5.97 Å². The lowest BCUT2D eigenvalue weighted by atomic mass is 10.3. The molecule has 0 amide bonds. The van der Waals surface area contributed by atoms with E-state index in [0.29, 0.717) is 17.4 Å². The number of anilines is 1. The third-order valence-electron chi connectivity index (χ3n) is 1.43. The summed E-state index contributed by atoms with van der Waals surface area (Å²) in [6.07, 6.45) is 1.27. The number of nitrogens with zero attached hydrogens (tertiary/aromatic N) is 1. The van der Waals surface area contributed by atoms with E-state index >= 15 is 0 Å². The minimum Gasteiger partial charge on any atom is -0.478 e. The van der Waals surface area contributed by atoms with Crippen molar-refractivity contribution < 1.29 is 9.90 Å². The van der Waals surface area contributed by atoms with Crippen molar-refractivity contribution in [3.8, 4) is 0 Å². The van der Waals surface area contributed by atoms with Gasteiger partial charge < -0.3 is 10.4 Å². The molecule has 70 valence electrons. The molecule has 0 spiro atoms. The molecule has 5 heteroatoms. The number of aromatic carboxylic acids is 1. The monoisotopic (exact) mass is 200 g/mol. The smallest absolute Gasteiger partial charge is 0.337 e. The zero-order valence-electron chi connectivity index (χ0n) is 7.04. The Hall–Kier alpha value is -1.29. The fraction of sp³-hybridized carbons (Fsp3) is 0.250. The summed E-state index contributed by atoms with van der Waals surface area (Å²) >= 11 is 5.76. The summed E-state index contributed by atoms with van der Waals surface area (Å²) in [4.78, 5) is 14.4. The standard InChI is InChI=1S/C8H9ClN2O2/c1-2-10-7-6(9)3-5(4-11-7)8(12)13/h3-4H,2H2,1H3,(H,10,11)(H,12,13).